The van der Waals surface area contributed by atoms with Gasteiger partial charge in [-0.1, -0.05) is 29.8 Å². The largest absolute Gasteiger partial charge is 0.444 e. The molecule has 2 N–H and O–H groups in total. The second-order valence-electron chi connectivity index (χ2n) is 6.49. The minimum Gasteiger partial charge on any atom is -0.444 e. The normalized spacial score (nSPS) is 14.3. The van der Waals surface area contributed by atoms with Crippen molar-refractivity contribution >= 4 is 29.9 Å². The predicted molar refractivity (Wildman–Crippen MR) is 121 cm³/mol. The summed E-state index contributed by atoms with van der Waals surface area (Å²) in [4.78, 5) is 9.15. The molecule has 0 radical (unpaired) electrons. The lowest BCUT2D eigenvalue weighted by Crippen LogP contribution is -2.37. The highest BCUT2D eigenvalue weighted by atomic mass is 127. The van der Waals surface area contributed by atoms with Crippen molar-refractivity contribution < 1.29 is 4.42 Å². The summed E-state index contributed by atoms with van der Waals surface area (Å²) in [5, 5.41) is 6.71. The summed E-state index contributed by atoms with van der Waals surface area (Å²) in [7, 11) is 0. The minimum absolute atomic E-state index is 0. The van der Waals surface area contributed by atoms with Crippen molar-refractivity contribution in [2.24, 2.45) is 4.99 Å². The van der Waals surface area contributed by atoms with Gasteiger partial charge in [0.2, 0.25) is 5.89 Å². The fraction of sp³-hybridized carbons (Fsp3) is 0.429. The summed E-state index contributed by atoms with van der Waals surface area (Å²) in [5.74, 6) is 1.46. The van der Waals surface area contributed by atoms with Crippen molar-refractivity contribution in [3.05, 3.63) is 53.9 Å². The molecule has 0 aliphatic heterocycles. The minimum atomic E-state index is 0. The Bertz CT molecular complexity index is 740. The van der Waals surface area contributed by atoms with Gasteiger partial charge < -0.3 is 15.1 Å². The van der Waals surface area contributed by atoms with E-state index in [0.717, 1.165) is 36.7 Å². The van der Waals surface area contributed by atoms with Crippen LogP contribution >= 0.6 is 24.0 Å². The van der Waals surface area contributed by atoms with Crippen molar-refractivity contribution in [2.45, 2.75) is 45.6 Å². The number of benzene rings is 1. The number of allylic oxidation sites excluding steroid dienone is 1. The molecule has 0 spiro atoms. The van der Waals surface area contributed by atoms with E-state index in [0.29, 0.717) is 12.4 Å². The number of guanidine groups is 1. The van der Waals surface area contributed by atoms with Gasteiger partial charge in [0.15, 0.2) is 5.96 Å². The Morgan fingerprint density at radius 2 is 2.04 bits per heavy atom. The van der Waals surface area contributed by atoms with E-state index in [1.807, 2.05) is 30.3 Å². The first-order valence-electron chi connectivity index (χ1n) is 9.55. The van der Waals surface area contributed by atoms with Crippen molar-refractivity contribution in [3.63, 3.8) is 0 Å². The van der Waals surface area contributed by atoms with Crippen LogP contribution in [0.25, 0.3) is 11.5 Å². The second-order valence-corrected chi connectivity index (χ2v) is 6.49. The number of hydrogen-bond donors (Lipinski definition) is 2. The number of rotatable bonds is 7. The van der Waals surface area contributed by atoms with E-state index >= 15 is 0 Å². The molecule has 1 heterocycles. The van der Waals surface area contributed by atoms with E-state index in [1.54, 1.807) is 11.8 Å². The second kappa shape index (κ2) is 11.8. The Morgan fingerprint density at radius 3 is 2.78 bits per heavy atom. The van der Waals surface area contributed by atoms with Gasteiger partial charge in [0, 0.05) is 18.7 Å². The van der Waals surface area contributed by atoms with E-state index in [1.165, 1.54) is 25.7 Å². The summed E-state index contributed by atoms with van der Waals surface area (Å²) in [6, 6.07) is 9.92. The van der Waals surface area contributed by atoms with E-state index in [-0.39, 0.29) is 24.0 Å². The average molecular weight is 480 g/mol. The van der Waals surface area contributed by atoms with Crippen LogP contribution in [0.4, 0.5) is 0 Å². The van der Waals surface area contributed by atoms with Gasteiger partial charge >= 0.3 is 0 Å². The van der Waals surface area contributed by atoms with Gasteiger partial charge in [-0.05, 0) is 51.2 Å². The molecule has 1 aliphatic carbocycles. The molecule has 0 bridgehead atoms. The number of nitrogens with one attached hydrogen (secondary N) is 2. The Kier molecular flexibility index (Phi) is 9.38. The molecule has 0 saturated heterocycles. The molecule has 6 heteroatoms. The van der Waals surface area contributed by atoms with Crippen molar-refractivity contribution in [1.29, 1.82) is 0 Å². The zero-order chi connectivity index (χ0) is 18.0. The molecular formula is C21H29IN4O. The lowest BCUT2D eigenvalue weighted by Gasteiger charge is -2.14. The number of aliphatic imine (C=N–C) groups is 1. The SMILES string of the molecule is CCNC(=NCc1coc(-c2ccccc2)n1)NCCC1=CCCCC1.I. The average Bonchev–Trinajstić information content (AvgIpc) is 3.17. The molecule has 3 rings (SSSR count). The quantitative estimate of drug-likeness (QED) is 0.256. The van der Waals surface area contributed by atoms with Gasteiger partial charge in [0.25, 0.3) is 0 Å². The summed E-state index contributed by atoms with van der Waals surface area (Å²) in [6.07, 6.45) is 10.3. The maximum Gasteiger partial charge on any atom is 0.226 e. The van der Waals surface area contributed by atoms with E-state index in [2.05, 4.69) is 33.6 Å². The highest BCUT2D eigenvalue weighted by Gasteiger charge is 2.07. The molecule has 1 aromatic carbocycles. The molecular weight excluding hydrogens is 451 g/mol. The van der Waals surface area contributed by atoms with Crippen molar-refractivity contribution in [3.8, 4) is 11.5 Å². The third-order valence-electron chi connectivity index (χ3n) is 4.44. The molecule has 27 heavy (non-hydrogen) atoms. The maximum absolute atomic E-state index is 5.57. The Labute approximate surface area is 178 Å². The third-order valence-corrected chi connectivity index (χ3v) is 4.44. The summed E-state index contributed by atoms with van der Waals surface area (Å²) >= 11 is 0. The van der Waals surface area contributed by atoms with Crippen LogP contribution in [0.1, 0.15) is 44.7 Å². The summed E-state index contributed by atoms with van der Waals surface area (Å²) in [5.41, 5.74) is 3.38. The van der Waals surface area contributed by atoms with Crippen LogP contribution in [-0.4, -0.2) is 24.0 Å². The number of nitrogens with zero attached hydrogens (tertiary/aromatic N) is 2. The molecule has 0 amide bonds. The highest BCUT2D eigenvalue weighted by Crippen LogP contribution is 2.19. The Hall–Kier alpha value is -1.83. The number of aromatic nitrogens is 1. The highest BCUT2D eigenvalue weighted by molar-refractivity contribution is 14.0. The molecule has 0 unspecified atom stereocenters. The summed E-state index contributed by atoms with van der Waals surface area (Å²) in [6.45, 7) is 4.31. The number of halogens is 1. The first-order valence-corrected chi connectivity index (χ1v) is 9.55. The van der Waals surface area contributed by atoms with Crippen LogP contribution in [-0.2, 0) is 6.54 Å². The van der Waals surface area contributed by atoms with Crippen molar-refractivity contribution in [2.75, 3.05) is 13.1 Å². The predicted octanol–water partition coefficient (Wildman–Crippen LogP) is 4.91. The fourth-order valence-electron chi connectivity index (χ4n) is 3.07. The maximum atomic E-state index is 5.57. The lowest BCUT2D eigenvalue weighted by atomic mass is 9.97. The smallest absolute Gasteiger partial charge is 0.226 e. The van der Waals surface area contributed by atoms with Crippen LogP contribution in [0, 0.1) is 0 Å². The first kappa shape index (κ1) is 21.5. The monoisotopic (exact) mass is 480 g/mol. The van der Waals surface area contributed by atoms with Gasteiger partial charge in [0.1, 0.15) is 12.0 Å². The van der Waals surface area contributed by atoms with Crippen LogP contribution < -0.4 is 10.6 Å². The molecule has 0 fully saturated rings. The molecule has 0 saturated carbocycles. The van der Waals surface area contributed by atoms with E-state index < -0.39 is 0 Å². The number of oxazole rings is 1. The number of hydrogen-bond acceptors (Lipinski definition) is 3. The first-order chi connectivity index (χ1) is 12.8. The Balaban J connectivity index is 0.00000261. The van der Waals surface area contributed by atoms with Gasteiger partial charge in [0.05, 0.1) is 6.54 Å². The zero-order valence-electron chi connectivity index (χ0n) is 15.9. The fourth-order valence-corrected chi connectivity index (χ4v) is 3.07. The Morgan fingerprint density at radius 1 is 1.19 bits per heavy atom. The topological polar surface area (TPSA) is 62.5 Å². The zero-order valence-corrected chi connectivity index (χ0v) is 18.2. The van der Waals surface area contributed by atoms with Gasteiger partial charge in [-0.2, -0.15) is 0 Å². The lowest BCUT2D eigenvalue weighted by molar-refractivity contribution is 0.572. The molecule has 0 atom stereocenters. The van der Waals surface area contributed by atoms with Gasteiger partial charge in [-0.3, -0.25) is 0 Å². The molecule has 146 valence electrons. The standard InChI is InChI=1S/C21H28N4O.HI/c1-2-22-21(23-14-13-17-9-5-3-6-10-17)24-15-19-16-26-20(25-19)18-11-7-4-8-12-18;/h4,7-9,11-12,16H,2-3,5-6,10,13-15H2,1H3,(H2,22,23,24);1H. The van der Waals surface area contributed by atoms with Crippen LogP contribution in [0.2, 0.25) is 0 Å². The summed E-state index contributed by atoms with van der Waals surface area (Å²) < 4.78 is 5.57. The van der Waals surface area contributed by atoms with Gasteiger partial charge in [-0.15, -0.1) is 24.0 Å². The molecule has 1 aliphatic rings. The van der Waals surface area contributed by atoms with Crippen LogP contribution in [0.15, 0.2) is 57.7 Å². The van der Waals surface area contributed by atoms with Gasteiger partial charge in [-0.25, -0.2) is 9.98 Å². The molecule has 2 aromatic rings. The van der Waals surface area contributed by atoms with E-state index in [9.17, 15) is 0 Å². The van der Waals surface area contributed by atoms with E-state index in [4.69, 9.17) is 4.42 Å². The van der Waals surface area contributed by atoms with Crippen LogP contribution in [0.3, 0.4) is 0 Å². The molecule has 5 nitrogen and oxygen atoms in total. The van der Waals surface area contributed by atoms with Crippen molar-refractivity contribution in [1.82, 2.24) is 15.6 Å². The third kappa shape index (κ3) is 7.01. The van der Waals surface area contributed by atoms with Crippen LogP contribution in [0.5, 0.6) is 0 Å². The molecule has 1 aromatic heterocycles.